The van der Waals surface area contributed by atoms with Crippen molar-refractivity contribution in [2.24, 2.45) is 0 Å². The second-order valence-electron chi connectivity index (χ2n) is 7.50. The number of hydrogen-bond acceptors (Lipinski definition) is 3. The minimum Gasteiger partial charge on any atom is -0.444 e. The smallest absolute Gasteiger partial charge is 0.339 e. The summed E-state index contributed by atoms with van der Waals surface area (Å²) in [4.78, 5) is 25.4. The molecule has 27 heavy (non-hydrogen) atoms. The first-order valence-electron chi connectivity index (χ1n) is 8.90. The number of fused-ring (bicyclic) bond motifs is 1. The van der Waals surface area contributed by atoms with Gasteiger partial charge in [-0.25, -0.2) is 4.79 Å². The number of rotatable bonds is 4. The average molecular weight is 361 g/mol. The molecule has 138 valence electrons. The van der Waals surface area contributed by atoms with Crippen LogP contribution in [0.3, 0.4) is 0 Å². The maximum Gasteiger partial charge on any atom is 0.339 e. The SMILES string of the molecule is CC(C)(C)NC(=O)C(OC(=O)c1ccccc1)c1ccc2ccccc2c1. The third-order valence-electron chi connectivity index (χ3n) is 4.05. The highest BCUT2D eigenvalue weighted by Gasteiger charge is 2.28. The minimum absolute atomic E-state index is 0.345. The molecule has 3 aromatic rings. The van der Waals surface area contributed by atoms with E-state index in [1.807, 2.05) is 69.3 Å². The van der Waals surface area contributed by atoms with Gasteiger partial charge in [0.1, 0.15) is 0 Å². The number of hydrogen-bond donors (Lipinski definition) is 1. The van der Waals surface area contributed by atoms with E-state index in [4.69, 9.17) is 4.74 Å². The molecule has 0 saturated carbocycles. The average Bonchev–Trinajstić information content (AvgIpc) is 2.64. The molecule has 0 aliphatic carbocycles. The monoisotopic (exact) mass is 361 g/mol. The van der Waals surface area contributed by atoms with Gasteiger partial charge in [0.15, 0.2) is 0 Å². The van der Waals surface area contributed by atoms with E-state index in [1.165, 1.54) is 0 Å². The van der Waals surface area contributed by atoms with Crippen LogP contribution in [0.2, 0.25) is 0 Å². The Kier molecular flexibility index (Phi) is 5.26. The zero-order valence-electron chi connectivity index (χ0n) is 15.7. The second-order valence-corrected chi connectivity index (χ2v) is 7.50. The van der Waals surface area contributed by atoms with Crippen molar-refractivity contribution >= 4 is 22.6 Å². The summed E-state index contributed by atoms with van der Waals surface area (Å²) < 4.78 is 5.63. The Hall–Kier alpha value is -3.14. The first kappa shape index (κ1) is 18.6. The zero-order valence-corrected chi connectivity index (χ0v) is 15.7. The lowest BCUT2D eigenvalue weighted by molar-refractivity contribution is -0.131. The fourth-order valence-corrected chi connectivity index (χ4v) is 2.83. The summed E-state index contributed by atoms with van der Waals surface area (Å²) in [7, 11) is 0. The van der Waals surface area contributed by atoms with Gasteiger partial charge in [0, 0.05) is 11.1 Å². The molecule has 0 bridgehead atoms. The van der Waals surface area contributed by atoms with Gasteiger partial charge in [0.2, 0.25) is 6.10 Å². The molecule has 0 radical (unpaired) electrons. The normalized spacial score (nSPS) is 12.4. The maximum atomic E-state index is 12.9. The predicted molar refractivity (Wildman–Crippen MR) is 106 cm³/mol. The molecule has 0 aliphatic rings. The molecule has 4 nitrogen and oxygen atoms in total. The molecule has 1 N–H and O–H groups in total. The van der Waals surface area contributed by atoms with Crippen molar-refractivity contribution < 1.29 is 14.3 Å². The Morgan fingerprint density at radius 3 is 2.15 bits per heavy atom. The summed E-state index contributed by atoms with van der Waals surface area (Å²) in [5.74, 6) is -0.875. The van der Waals surface area contributed by atoms with Gasteiger partial charge in [-0.05, 0) is 49.7 Å². The number of nitrogens with one attached hydrogen (secondary N) is 1. The molecule has 0 saturated heterocycles. The highest BCUT2D eigenvalue weighted by molar-refractivity contribution is 5.93. The zero-order chi connectivity index (χ0) is 19.4. The van der Waals surface area contributed by atoms with Crippen LogP contribution in [0.25, 0.3) is 10.8 Å². The third-order valence-corrected chi connectivity index (χ3v) is 4.05. The number of ether oxygens (including phenoxy) is 1. The summed E-state index contributed by atoms with van der Waals surface area (Å²) in [5, 5.41) is 4.95. The van der Waals surface area contributed by atoms with Crippen LogP contribution in [0.5, 0.6) is 0 Å². The van der Waals surface area contributed by atoms with E-state index in [0.29, 0.717) is 11.1 Å². The van der Waals surface area contributed by atoms with Crippen LogP contribution < -0.4 is 5.32 Å². The number of esters is 1. The molecular formula is C23H23NO3. The number of benzene rings is 3. The van der Waals surface area contributed by atoms with E-state index < -0.39 is 17.6 Å². The quantitative estimate of drug-likeness (QED) is 0.688. The summed E-state index contributed by atoms with van der Waals surface area (Å²) in [6, 6.07) is 22.2. The molecule has 0 aromatic heterocycles. The van der Waals surface area contributed by atoms with Crippen LogP contribution in [0.4, 0.5) is 0 Å². The summed E-state index contributed by atoms with van der Waals surface area (Å²) in [6.45, 7) is 5.67. The van der Waals surface area contributed by atoms with Crippen LogP contribution in [0.1, 0.15) is 42.8 Å². The Morgan fingerprint density at radius 2 is 1.48 bits per heavy atom. The Labute approximate surface area is 159 Å². The third kappa shape index (κ3) is 4.73. The molecular weight excluding hydrogens is 338 g/mol. The molecule has 0 fully saturated rings. The fourth-order valence-electron chi connectivity index (χ4n) is 2.83. The fraction of sp³-hybridized carbons (Fsp3) is 0.217. The Morgan fingerprint density at radius 1 is 0.852 bits per heavy atom. The van der Waals surface area contributed by atoms with Gasteiger partial charge < -0.3 is 10.1 Å². The molecule has 0 spiro atoms. The number of carbonyl (C=O) groups excluding carboxylic acids is 2. The van der Waals surface area contributed by atoms with Crippen molar-refractivity contribution in [1.82, 2.24) is 5.32 Å². The van der Waals surface area contributed by atoms with Gasteiger partial charge in [-0.15, -0.1) is 0 Å². The van der Waals surface area contributed by atoms with E-state index in [2.05, 4.69) is 5.32 Å². The molecule has 0 heterocycles. The lowest BCUT2D eigenvalue weighted by atomic mass is 10.0. The Balaban J connectivity index is 1.95. The predicted octanol–water partition coefficient (Wildman–Crippen LogP) is 4.65. The molecule has 1 amide bonds. The first-order valence-corrected chi connectivity index (χ1v) is 8.90. The van der Waals surface area contributed by atoms with Crippen molar-refractivity contribution in [2.75, 3.05) is 0 Å². The van der Waals surface area contributed by atoms with E-state index in [0.717, 1.165) is 10.8 Å². The minimum atomic E-state index is -1.03. The number of amides is 1. The van der Waals surface area contributed by atoms with Gasteiger partial charge in [0.25, 0.3) is 5.91 Å². The molecule has 1 atom stereocenters. The van der Waals surface area contributed by atoms with Crippen molar-refractivity contribution in [3.63, 3.8) is 0 Å². The molecule has 1 unspecified atom stereocenters. The first-order chi connectivity index (χ1) is 12.8. The lowest BCUT2D eigenvalue weighted by Gasteiger charge is -2.25. The van der Waals surface area contributed by atoms with Gasteiger partial charge in [-0.2, -0.15) is 0 Å². The summed E-state index contributed by atoms with van der Waals surface area (Å²) >= 11 is 0. The van der Waals surface area contributed by atoms with Crippen LogP contribution >= 0.6 is 0 Å². The van der Waals surface area contributed by atoms with Gasteiger partial charge in [-0.3, -0.25) is 4.79 Å². The topological polar surface area (TPSA) is 55.4 Å². The van der Waals surface area contributed by atoms with Crippen LogP contribution in [0, 0.1) is 0 Å². The van der Waals surface area contributed by atoms with E-state index >= 15 is 0 Å². The van der Waals surface area contributed by atoms with Crippen LogP contribution in [0.15, 0.2) is 72.8 Å². The second kappa shape index (κ2) is 7.62. The highest BCUT2D eigenvalue weighted by atomic mass is 16.5. The molecule has 0 aliphatic heterocycles. The standard InChI is InChI=1S/C23H23NO3/c1-23(2,3)24-21(25)20(27-22(26)17-10-5-4-6-11-17)19-14-13-16-9-7-8-12-18(16)15-19/h4-15,20H,1-3H3,(H,24,25). The van der Waals surface area contributed by atoms with E-state index in [-0.39, 0.29) is 5.91 Å². The summed E-state index contributed by atoms with van der Waals surface area (Å²) in [6.07, 6.45) is -1.03. The van der Waals surface area contributed by atoms with Crippen molar-refractivity contribution in [1.29, 1.82) is 0 Å². The van der Waals surface area contributed by atoms with Gasteiger partial charge >= 0.3 is 5.97 Å². The van der Waals surface area contributed by atoms with E-state index in [9.17, 15) is 9.59 Å². The molecule has 4 heteroatoms. The molecule has 3 rings (SSSR count). The maximum absolute atomic E-state index is 12.9. The molecule has 3 aromatic carbocycles. The lowest BCUT2D eigenvalue weighted by Crippen LogP contribution is -2.44. The van der Waals surface area contributed by atoms with Crippen LogP contribution in [-0.4, -0.2) is 17.4 Å². The van der Waals surface area contributed by atoms with Crippen LogP contribution in [-0.2, 0) is 9.53 Å². The highest BCUT2D eigenvalue weighted by Crippen LogP contribution is 2.25. The van der Waals surface area contributed by atoms with Crippen molar-refractivity contribution in [3.05, 3.63) is 83.9 Å². The van der Waals surface area contributed by atoms with E-state index in [1.54, 1.807) is 24.3 Å². The van der Waals surface area contributed by atoms with Gasteiger partial charge in [-0.1, -0.05) is 54.6 Å². The van der Waals surface area contributed by atoms with Gasteiger partial charge in [0.05, 0.1) is 5.56 Å². The van der Waals surface area contributed by atoms with Crippen molar-refractivity contribution in [2.45, 2.75) is 32.4 Å². The number of carbonyl (C=O) groups is 2. The largest absolute Gasteiger partial charge is 0.444 e. The van der Waals surface area contributed by atoms with Crippen molar-refractivity contribution in [3.8, 4) is 0 Å². The summed E-state index contributed by atoms with van der Waals surface area (Å²) in [5.41, 5.74) is 0.609. The Bertz CT molecular complexity index is 958.